The van der Waals surface area contributed by atoms with Crippen molar-refractivity contribution in [1.82, 2.24) is 20.9 Å². The summed E-state index contributed by atoms with van der Waals surface area (Å²) in [6.07, 6.45) is 2.44. The fraction of sp³-hybridized carbons (Fsp3) is 0.600. The fourth-order valence-electron chi connectivity index (χ4n) is 3.02. The molecule has 3 N–H and O–H groups in total. The maximum absolute atomic E-state index is 12.9. The van der Waals surface area contributed by atoms with E-state index in [4.69, 9.17) is 0 Å². The topological polar surface area (TPSA) is 73.5 Å². The first-order valence-corrected chi connectivity index (χ1v) is 9.56. The highest BCUT2D eigenvalue weighted by Crippen LogP contribution is 2.21. The third kappa shape index (κ3) is 7.17. The van der Waals surface area contributed by atoms with Crippen molar-refractivity contribution < 1.29 is 14.0 Å². The van der Waals surface area contributed by atoms with Gasteiger partial charge in [0.2, 0.25) is 0 Å². The van der Waals surface area contributed by atoms with Gasteiger partial charge in [0.25, 0.3) is 5.91 Å². The lowest BCUT2D eigenvalue weighted by Crippen LogP contribution is -2.53. The third-order valence-corrected chi connectivity index (χ3v) is 4.79. The van der Waals surface area contributed by atoms with Crippen molar-refractivity contribution in [3.63, 3.8) is 0 Å². The van der Waals surface area contributed by atoms with E-state index in [0.717, 1.165) is 19.6 Å². The van der Waals surface area contributed by atoms with Crippen LogP contribution in [0.4, 0.5) is 9.18 Å². The molecule has 7 heteroatoms. The average molecular weight is 378 g/mol. The van der Waals surface area contributed by atoms with Crippen molar-refractivity contribution in [3.05, 3.63) is 35.6 Å². The Kier molecular flexibility index (Phi) is 7.59. The summed E-state index contributed by atoms with van der Waals surface area (Å²) >= 11 is 0. The zero-order valence-corrected chi connectivity index (χ0v) is 16.5. The molecule has 1 aliphatic heterocycles. The molecule has 1 heterocycles. The molecule has 1 saturated heterocycles. The number of amides is 3. The molecule has 1 aromatic rings. The molecule has 0 radical (unpaired) electrons. The summed E-state index contributed by atoms with van der Waals surface area (Å²) in [5.74, 6) is -0.675. The Morgan fingerprint density at radius 2 is 1.67 bits per heavy atom. The lowest BCUT2D eigenvalue weighted by Gasteiger charge is -2.34. The summed E-state index contributed by atoms with van der Waals surface area (Å²) in [5, 5.41) is 8.55. The number of nitrogens with one attached hydrogen (secondary N) is 3. The van der Waals surface area contributed by atoms with Crippen LogP contribution in [0, 0.1) is 11.2 Å². The second-order valence-corrected chi connectivity index (χ2v) is 8.09. The number of carbonyl (C=O) groups is 2. The Balaban J connectivity index is 1.71. The normalized spacial score (nSPS) is 16.0. The van der Waals surface area contributed by atoms with Crippen molar-refractivity contribution >= 4 is 11.9 Å². The maximum Gasteiger partial charge on any atom is 0.315 e. The van der Waals surface area contributed by atoms with Gasteiger partial charge in [-0.25, -0.2) is 9.18 Å². The second-order valence-electron chi connectivity index (χ2n) is 8.09. The quantitative estimate of drug-likeness (QED) is 0.638. The number of halogens is 1. The fourth-order valence-corrected chi connectivity index (χ4v) is 3.02. The number of rotatable bonds is 7. The van der Waals surface area contributed by atoms with Gasteiger partial charge in [0, 0.05) is 31.2 Å². The molecule has 27 heavy (non-hydrogen) atoms. The van der Waals surface area contributed by atoms with E-state index in [1.807, 2.05) is 0 Å². The third-order valence-electron chi connectivity index (χ3n) is 4.79. The number of hydrogen-bond acceptors (Lipinski definition) is 3. The Morgan fingerprint density at radius 3 is 2.26 bits per heavy atom. The van der Waals surface area contributed by atoms with Gasteiger partial charge in [-0.15, -0.1) is 0 Å². The van der Waals surface area contributed by atoms with E-state index >= 15 is 0 Å². The van der Waals surface area contributed by atoms with E-state index in [9.17, 15) is 14.0 Å². The molecule has 0 aliphatic carbocycles. The monoisotopic (exact) mass is 378 g/mol. The van der Waals surface area contributed by atoms with Crippen LogP contribution in [0.25, 0.3) is 0 Å². The molecule has 1 fully saturated rings. The van der Waals surface area contributed by atoms with Crippen LogP contribution >= 0.6 is 0 Å². The number of benzene rings is 1. The molecule has 0 bridgehead atoms. The van der Waals surface area contributed by atoms with Gasteiger partial charge in [-0.3, -0.25) is 4.79 Å². The highest BCUT2D eigenvalue weighted by atomic mass is 19.1. The molecule has 150 valence electrons. The van der Waals surface area contributed by atoms with E-state index in [1.165, 1.54) is 37.1 Å². The molecule has 0 unspecified atom stereocenters. The molecule has 2 rings (SSSR count). The summed E-state index contributed by atoms with van der Waals surface area (Å²) in [5.41, 5.74) is 0.343. The van der Waals surface area contributed by atoms with Crippen molar-refractivity contribution in [2.75, 3.05) is 32.7 Å². The largest absolute Gasteiger partial charge is 0.350 e. The number of likely N-dealkylation sites (tertiary alicyclic amines) is 1. The van der Waals surface area contributed by atoms with Crippen LogP contribution in [0.1, 0.15) is 44.0 Å². The van der Waals surface area contributed by atoms with E-state index < -0.39 is 0 Å². The van der Waals surface area contributed by atoms with E-state index in [0.29, 0.717) is 18.7 Å². The molecule has 1 atom stereocenters. The van der Waals surface area contributed by atoms with Crippen LogP contribution in [-0.4, -0.2) is 55.6 Å². The molecular weight excluding hydrogens is 347 g/mol. The van der Waals surface area contributed by atoms with Gasteiger partial charge in [-0.2, -0.15) is 0 Å². The first-order chi connectivity index (χ1) is 12.8. The lowest BCUT2D eigenvalue weighted by atomic mass is 9.86. The van der Waals surface area contributed by atoms with E-state index in [1.54, 1.807) is 0 Å². The van der Waals surface area contributed by atoms with Gasteiger partial charge in [0.1, 0.15) is 5.82 Å². The van der Waals surface area contributed by atoms with Crippen molar-refractivity contribution in [1.29, 1.82) is 0 Å². The van der Waals surface area contributed by atoms with Crippen molar-refractivity contribution in [2.24, 2.45) is 5.41 Å². The Hall–Kier alpha value is -2.15. The molecule has 3 amide bonds. The van der Waals surface area contributed by atoms with Crippen LogP contribution < -0.4 is 16.0 Å². The van der Waals surface area contributed by atoms with E-state index in [-0.39, 0.29) is 29.2 Å². The summed E-state index contributed by atoms with van der Waals surface area (Å²) in [7, 11) is 0. The highest BCUT2D eigenvalue weighted by Gasteiger charge is 2.29. The van der Waals surface area contributed by atoms with Gasteiger partial charge in [0.15, 0.2) is 0 Å². The number of carbonyl (C=O) groups excluding carboxylic acids is 2. The smallest absolute Gasteiger partial charge is 0.315 e. The molecule has 0 spiro atoms. The highest BCUT2D eigenvalue weighted by molar-refractivity contribution is 5.94. The standard InChI is InChI=1S/C20H31FN4O2/c1-20(2,3)17(14-25-12-4-5-13-25)24-19(27)23-11-10-22-18(26)15-6-8-16(21)9-7-15/h6-9,17H,4-5,10-14H2,1-3H3,(H,22,26)(H2,23,24,27)/t17-/m0/s1. The van der Waals surface area contributed by atoms with Crippen LogP contribution in [0.3, 0.4) is 0 Å². The minimum atomic E-state index is -0.382. The number of nitrogens with zero attached hydrogens (tertiary/aromatic N) is 1. The van der Waals surface area contributed by atoms with Gasteiger partial charge < -0.3 is 20.9 Å². The first kappa shape index (κ1) is 21.2. The van der Waals surface area contributed by atoms with Crippen molar-refractivity contribution in [2.45, 2.75) is 39.7 Å². The molecule has 6 nitrogen and oxygen atoms in total. The van der Waals surface area contributed by atoms with E-state index in [2.05, 4.69) is 41.6 Å². The Labute approximate surface area is 160 Å². The molecule has 0 aromatic heterocycles. The molecule has 1 aliphatic rings. The Morgan fingerprint density at radius 1 is 1.07 bits per heavy atom. The molecular formula is C20H31FN4O2. The predicted molar refractivity (Wildman–Crippen MR) is 104 cm³/mol. The van der Waals surface area contributed by atoms with Crippen LogP contribution in [0.2, 0.25) is 0 Å². The first-order valence-electron chi connectivity index (χ1n) is 9.56. The number of urea groups is 1. The minimum absolute atomic E-state index is 0.0449. The predicted octanol–water partition coefficient (Wildman–Crippen LogP) is 2.37. The molecule has 1 aromatic carbocycles. The lowest BCUT2D eigenvalue weighted by molar-refractivity contribution is 0.0953. The maximum atomic E-state index is 12.9. The summed E-state index contributed by atoms with van der Waals surface area (Å²) in [4.78, 5) is 26.6. The van der Waals surface area contributed by atoms with Crippen molar-refractivity contribution in [3.8, 4) is 0 Å². The van der Waals surface area contributed by atoms with Gasteiger partial charge in [-0.05, 0) is 55.6 Å². The van der Waals surface area contributed by atoms with Crippen LogP contribution in [0.15, 0.2) is 24.3 Å². The SMILES string of the molecule is CC(C)(C)[C@H](CN1CCCC1)NC(=O)NCCNC(=O)c1ccc(F)cc1. The number of hydrogen-bond donors (Lipinski definition) is 3. The van der Waals surface area contributed by atoms with Gasteiger partial charge >= 0.3 is 6.03 Å². The summed E-state index contributed by atoms with van der Waals surface area (Å²) in [6, 6.07) is 5.16. The van der Waals surface area contributed by atoms with Gasteiger partial charge in [0.05, 0.1) is 0 Å². The summed E-state index contributed by atoms with van der Waals surface area (Å²) in [6.45, 7) is 10.0. The zero-order valence-electron chi connectivity index (χ0n) is 16.5. The molecule has 0 saturated carbocycles. The Bertz CT molecular complexity index is 622. The second kappa shape index (κ2) is 9.69. The van der Waals surface area contributed by atoms with Gasteiger partial charge in [-0.1, -0.05) is 20.8 Å². The van der Waals surface area contributed by atoms with Crippen LogP contribution in [-0.2, 0) is 0 Å². The zero-order chi connectivity index (χ0) is 19.9. The minimum Gasteiger partial charge on any atom is -0.350 e. The van der Waals surface area contributed by atoms with Crippen LogP contribution in [0.5, 0.6) is 0 Å². The summed E-state index contributed by atoms with van der Waals surface area (Å²) < 4.78 is 12.9. The average Bonchev–Trinajstić information content (AvgIpc) is 3.11.